The summed E-state index contributed by atoms with van der Waals surface area (Å²) in [4.78, 5) is 7.71. The van der Waals surface area contributed by atoms with Crippen molar-refractivity contribution in [2.45, 2.75) is 18.9 Å². The Hall–Kier alpha value is -0.920. The quantitative estimate of drug-likeness (QED) is 0.779. The molecule has 1 saturated heterocycles. The standard InChI is InChI=1S/C10H14ClN3O3S/c1-18(15,16)14(8-3-2-6-17-7-8)9-4-5-12-10(11)13-9/h4-5,8H,2-3,6-7H2,1H3. The normalized spacial score (nSPS) is 20.7. The van der Waals surface area contributed by atoms with Crippen LogP contribution in [0.1, 0.15) is 12.8 Å². The lowest BCUT2D eigenvalue weighted by atomic mass is 10.1. The number of rotatable bonds is 3. The summed E-state index contributed by atoms with van der Waals surface area (Å²) in [6, 6.07) is 1.29. The summed E-state index contributed by atoms with van der Waals surface area (Å²) in [6.45, 7) is 1.04. The summed E-state index contributed by atoms with van der Waals surface area (Å²) >= 11 is 5.70. The van der Waals surface area contributed by atoms with Gasteiger partial charge in [-0.05, 0) is 24.4 Å². The van der Waals surface area contributed by atoms with Gasteiger partial charge in [0.1, 0.15) is 5.82 Å². The molecule has 1 atom stereocenters. The minimum Gasteiger partial charge on any atom is -0.379 e. The highest BCUT2D eigenvalue weighted by atomic mass is 35.5. The van der Waals surface area contributed by atoms with Gasteiger partial charge in [-0.3, -0.25) is 0 Å². The van der Waals surface area contributed by atoms with Crippen LogP contribution >= 0.6 is 11.6 Å². The molecule has 0 N–H and O–H groups in total. The number of halogens is 1. The lowest BCUT2D eigenvalue weighted by Gasteiger charge is -2.32. The molecule has 1 unspecified atom stereocenters. The van der Waals surface area contributed by atoms with Crippen LogP contribution in [0.25, 0.3) is 0 Å². The van der Waals surface area contributed by atoms with Gasteiger partial charge in [0.25, 0.3) is 0 Å². The van der Waals surface area contributed by atoms with E-state index in [-0.39, 0.29) is 17.1 Å². The summed E-state index contributed by atoms with van der Waals surface area (Å²) in [5.74, 6) is 0.285. The highest BCUT2D eigenvalue weighted by Crippen LogP contribution is 2.23. The number of aromatic nitrogens is 2. The topological polar surface area (TPSA) is 72.4 Å². The van der Waals surface area contributed by atoms with Crippen LogP contribution in [0.5, 0.6) is 0 Å². The van der Waals surface area contributed by atoms with E-state index in [2.05, 4.69) is 9.97 Å². The van der Waals surface area contributed by atoms with E-state index in [0.717, 1.165) is 19.1 Å². The number of hydrogen-bond acceptors (Lipinski definition) is 5. The van der Waals surface area contributed by atoms with Crippen molar-refractivity contribution in [1.29, 1.82) is 0 Å². The van der Waals surface area contributed by atoms with E-state index in [1.165, 1.54) is 16.6 Å². The zero-order valence-corrected chi connectivity index (χ0v) is 11.5. The predicted octanol–water partition coefficient (Wildman–Crippen LogP) is 1.07. The lowest BCUT2D eigenvalue weighted by Crippen LogP contribution is -2.45. The molecule has 0 radical (unpaired) electrons. The third kappa shape index (κ3) is 3.09. The summed E-state index contributed by atoms with van der Waals surface area (Å²) in [5, 5.41) is 0.0258. The summed E-state index contributed by atoms with van der Waals surface area (Å²) in [7, 11) is -3.43. The van der Waals surface area contributed by atoms with E-state index >= 15 is 0 Å². The minimum absolute atomic E-state index is 0.0258. The third-order valence-electron chi connectivity index (χ3n) is 2.66. The zero-order valence-electron chi connectivity index (χ0n) is 9.91. The summed E-state index contributed by atoms with van der Waals surface area (Å²) in [6.07, 6.45) is 4.16. The number of hydrogen-bond donors (Lipinski definition) is 0. The van der Waals surface area contributed by atoms with Gasteiger partial charge in [-0.2, -0.15) is 4.98 Å². The van der Waals surface area contributed by atoms with Gasteiger partial charge < -0.3 is 4.74 Å². The second kappa shape index (κ2) is 5.38. The van der Waals surface area contributed by atoms with Gasteiger partial charge >= 0.3 is 0 Å². The first kappa shape index (κ1) is 13.5. The van der Waals surface area contributed by atoms with Crippen molar-refractivity contribution in [1.82, 2.24) is 9.97 Å². The van der Waals surface area contributed by atoms with Crippen molar-refractivity contribution < 1.29 is 13.2 Å². The van der Waals surface area contributed by atoms with E-state index in [1.54, 1.807) is 0 Å². The van der Waals surface area contributed by atoms with E-state index in [4.69, 9.17) is 16.3 Å². The molecule has 0 aromatic carbocycles. The van der Waals surface area contributed by atoms with Crippen LogP contribution in [0.3, 0.4) is 0 Å². The van der Waals surface area contributed by atoms with Crippen molar-refractivity contribution in [3.63, 3.8) is 0 Å². The molecule has 1 aromatic heterocycles. The maximum Gasteiger partial charge on any atom is 0.233 e. The third-order valence-corrected chi connectivity index (χ3v) is 4.04. The number of sulfonamides is 1. The Morgan fingerprint density at radius 1 is 1.56 bits per heavy atom. The van der Waals surface area contributed by atoms with Crippen LogP contribution in [0.4, 0.5) is 5.82 Å². The first-order valence-electron chi connectivity index (χ1n) is 5.54. The summed E-state index contributed by atoms with van der Waals surface area (Å²) in [5.41, 5.74) is 0. The molecule has 2 heterocycles. The first-order valence-corrected chi connectivity index (χ1v) is 7.77. The Bertz CT molecular complexity index is 517. The van der Waals surface area contributed by atoms with E-state index < -0.39 is 10.0 Å². The molecule has 100 valence electrons. The van der Waals surface area contributed by atoms with Crippen LogP contribution in [-0.2, 0) is 14.8 Å². The molecular formula is C10H14ClN3O3S. The molecule has 0 spiro atoms. The Morgan fingerprint density at radius 3 is 2.89 bits per heavy atom. The fourth-order valence-corrected chi connectivity index (χ4v) is 3.28. The lowest BCUT2D eigenvalue weighted by molar-refractivity contribution is 0.0833. The van der Waals surface area contributed by atoms with E-state index in [1.807, 2.05) is 0 Å². The van der Waals surface area contributed by atoms with Crippen molar-refractivity contribution in [2.75, 3.05) is 23.8 Å². The number of ether oxygens (including phenoxy) is 1. The van der Waals surface area contributed by atoms with Gasteiger partial charge in [0.05, 0.1) is 18.9 Å². The molecule has 1 aromatic rings. The van der Waals surface area contributed by atoms with Crippen molar-refractivity contribution >= 4 is 27.4 Å². The molecular weight excluding hydrogens is 278 g/mol. The molecule has 6 nitrogen and oxygen atoms in total. The van der Waals surface area contributed by atoms with Crippen molar-refractivity contribution in [3.05, 3.63) is 17.5 Å². The van der Waals surface area contributed by atoms with Gasteiger partial charge in [-0.1, -0.05) is 0 Å². The maximum atomic E-state index is 11.9. The van der Waals surface area contributed by atoms with Crippen LogP contribution < -0.4 is 4.31 Å². The maximum absolute atomic E-state index is 11.9. The Kier molecular flexibility index (Phi) is 4.04. The van der Waals surface area contributed by atoms with E-state index in [9.17, 15) is 8.42 Å². The number of nitrogens with zero attached hydrogens (tertiary/aromatic N) is 3. The minimum atomic E-state index is -3.43. The van der Waals surface area contributed by atoms with Gasteiger partial charge in [0.15, 0.2) is 0 Å². The average molecular weight is 292 g/mol. The van der Waals surface area contributed by atoms with Crippen molar-refractivity contribution in [3.8, 4) is 0 Å². The molecule has 8 heteroatoms. The second-order valence-corrected chi connectivity index (χ2v) is 6.31. The number of anilines is 1. The molecule has 0 bridgehead atoms. The average Bonchev–Trinajstić information content (AvgIpc) is 2.28. The largest absolute Gasteiger partial charge is 0.379 e. The molecule has 0 aliphatic carbocycles. The Morgan fingerprint density at radius 2 is 2.33 bits per heavy atom. The summed E-state index contributed by atoms with van der Waals surface area (Å²) < 4.78 is 30.4. The second-order valence-electron chi connectivity index (χ2n) is 4.11. The Labute approximate surface area is 111 Å². The van der Waals surface area contributed by atoms with Gasteiger partial charge in [0.2, 0.25) is 15.3 Å². The van der Waals surface area contributed by atoms with Gasteiger partial charge in [-0.25, -0.2) is 17.7 Å². The van der Waals surface area contributed by atoms with Gasteiger partial charge in [-0.15, -0.1) is 0 Å². The highest BCUT2D eigenvalue weighted by molar-refractivity contribution is 7.92. The van der Waals surface area contributed by atoms with Gasteiger partial charge in [0, 0.05) is 18.9 Å². The molecule has 18 heavy (non-hydrogen) atoms. The Balaban J connectivity index is 2.36. The molecule has 2 rings (SSSR count). The SMILES string of the molecule is CS(=O)(=O)N(c1ccnc(Cl)n1)C1CCCOC1. The fraction of sp³-hybridized carbons (Fsp3) is 0.600. The van der Waals surface area contributed by atoms with Crippen molar-refractivity contribution in [2.24, 2.45) is 0 Å². The zero-order chi connectivity index (χ0) is 13.2. The predicted molar refractivity (Wildman–Crippen MR) is 68.2 cm³/mol. The molecule has 1 aliphatic heterocycles. The smallest absolute Gasteiger partial charge is 0.233 e. The van der Waals surface area contributed by atoms with Crippen LogP contribution in [-0.4, -0.2) is 43.9 Å². The highest BCUT2D eigenvalue weighted by Gasteiger charge is 2.30. The van der Waals surface area contributed by atoms with E-state index in [0.29, 0.717) is 13.2 Å². The van der Waals surface area contributed by atoms with Crippen LogP contribution in [0, 0.1) is 0 Å². The molecule has 0 saturated carbocycles. The molecule has 1 fully saturated rings. The molecule has 0 amide bonds. The fourth-order valence-electron chi connectivity index (χ4n) is 1.99. The first-order chi connectivity index (χ1) is 8.48. The monoisotopic (exact) mass is 291 g/mol. The molecule has 1 aliphatic rings. The van der Waals surface area contributed by atoms with Crippen LogP contribution in [0.2, 0.25) is 5.28 Å². The van der Waals surface area contributed by atoms with Crippen LogP contribution in [0.15, 0.2) is 12.3 Å².